The maximum absolute atomic E-state index is 6.09. The lowest BCUT2D eigenvalue weighted by atomic mass is 9.99. The summed E-state index contributed by atoms with van der Waals surface area (Å²) < 4.78 is 161. The van der Waals surface area contributed by atoms with Gasteiger partial charge in [-0.1, -0.05) is 104 Å². The number of hydrogen-bond donors (Lipinski definition) is 21. The molecule has 0 aromatic rings. The summed E-state index contributed by atoms with van der Waals surface area (Å²) in [6, 6.07) is -0.745. The zero-order valence-electron chi connectivity index (χ0n) is 96.5. The average Bonchev–Trinajstić information content (AvgIpc) is 0.845. The van der Waals surface area contributed by atoms with Gasteiger partial charge in [-0.2, -0.15) is 0 Å². The molecule has 49 nitrogen and oxygen atoms in total. The second-order valence-electron chi connectivity index (χ2n) is 41.1. The van der Waals surface area contributed by atoms with Crippen LogP contribution in [-0.2, 0) is 124 Å². The Labute approximate surface area is 885 Å². The Morgan fingerprint density at radius 1 is 0.200 bits per heavy atom. The molecule has 42 N–H and O–H groups in total. The normalized spacial score (nSPS) is 16.4. The molecule has 145 heavy (non-hydrogen) atoms. The average molecular weight is 2240 g/mol. The van der Waals surface area contributed by atoms with Gasteiger partial charge >= 0.3 is 63.3 Å². The van der Waals surface area contributed by atoms with E-state index >= 15 is 0 Å². The Morgan fingerprint density at radius 3 is 0.517 bits per heavy atom. The predicted molar refractivity (Wildman–Crippen MR) is 589 cm³/mol. The van der Waals surface area contributed by atoms with Crippen LogP contribution in [0, 0.1) is 10.8 Å². The van der Waals surface area contributed by atoms with E-state index in [2.05, 4.69) is 41.5 Å². The van der Waals surface area contributed by atoms with E-state index < -0.39 is 91.0 Å². The standard InChI is InChI=1S/C17H41N3O4Si.C16H40N4O4Si.C14H34N2O4Si.C13H33N3O4Si.C12H32N4O4Si.C9H25N3O4Si.C8H22N2O4Si/c1-14(2,3)10-21-25(22-11-15(4,5)18,23-12-16(6,7)19)24-13-17(8,9)20;1-5-13(17)9-21-25(22-10-14(18)6-2,23-11-15(19)7-3)24-12-16(20)8-4;1-12(2,3)9-18-21(17-8,19-10-13(4,5)15)20-11-14(6,7)16;1-5-11(14)8-18-21(17-4,19-9-12(15)6-2)20-10-13(16)7-3;1-9(5-13)17-21(18-10(2)6-14,19-11(3)7-15)20-12(4)8-16;1-2-6-13-17(14-7-3-10,15-8-4-11)16-9-5-12;1-3-6-12-15(11-2,13-7-4-9)14-8-5-10/h10-13,18-20H2,1-9H3;13-16H,5-12,17-20H2,1-4H3;9-11,15-16H2,1-8H3;11-13H,5-10,14-16H2,1-4H3;9-12H,5-8,13-16H2,1-4H3;2-12H2,1H3;3-10H2,1-2H3. The van der Waals surface area contributed by atoms with Gasteiger partial charge in [0.2, 0.25) is 0 Å². The maximum atomic E-state index is 6.09. The fourth-order valence-electron chi connectivity index (χ4n) is 8.64. The molecule has 0 aliphatic rings. The topological polar surface area (TPSA) is 805 Å². The van der Waals surface area contributed by atoms with Crippen LogP contribution in [0.5, 0.6) is 0 Å². The summed E-state index contributed by atoms with van der Waals surface area (Å²) in [5.41, 5.74) is 118. The fourth-order valence-corrected chi connectivity index (χ4v) is 24.3. The Kier molecular flexibility index (Phi) is 94.0. The lowest BCUT2D eigenvalue weighted by Gasteiger charge is -2.36. The van der Waals surface area contributed by atoms with E-state index in [-0.39, 0.29) is 137 Å². The highest BCUT2D eigenvalue weighted by molar-refractivity contribution is 6.56. The molecule has 0 fully saturated rings. The van der Waals surface area contributed by atoms with E-state index in [1.165, 1.54) is 21.3 Å². The van der Waals surface area contributed by atoms with Gasteiger partial charge in [0.15, 0.2) is 0 Å². The Balaban J connectivity index is -0.000000308. The van der Waals surface area contributed by atoms with Crippen molar-refractivity contribution in [3.63, 3.8) is 0 Å². The van der Waals surface area contributed by atoms with Crippen molar-refractivity contribution in [1.82, 2.24) is 0 Å². The van der Waals surface area contributed by atoms with Gasteiger partial charge in [-0.25, -0.2) is 0 Å². The Bertz CT molecular complexity index is 2570. The van der Waals surface area contributed by atoms with Crippen molar-refractivity contribution in [3.8, 4) is 0 Å². The van der Waals surface area contributed by atoms with Gasteiger partial charge in [0.05, 0.1) is 137 Å². The molecule has 0 radical (unpaired) electrons. The van der Waals surface area contributed by atoms with Gasteiger partial charge in [0.1, 0.15) is 0 Å². The van der Waals surface area contributed by atoms with Crippen LogP contribution in [0.4, 0.5) is 0 Å². The van der Waals surface area contributed by atoms with Gasteiger partial charge in [-0.05, 0) is 166 Å². The lowest BCUT2D eigenvalue weighted by Crippen LogP contribution is -2.58. The summed E-state index contributed by atoms with van der Waals surface area (Å²) in [6.07, 6.45) is 6.12. The van der Waals surface area contributed by atoms with Gasteiger partial charge < -0.3 is 244 Å². The smallest absolute Gasteiger partial charge is 0.355 e. The largest absolute Gasteiger partial charge is 0.680 e. The summed E-state index contributed by atoms with van der Waals surface area (Å²) >= 11 is 0. The molecule has 11 unspecified atom stereocenters. The first-order chi connectivity index (χ1) is 67.1. The zero-order valence-corrected chi connectivity index (χ0v) is 103. The van der Waals surface area contributed by atoms with Crippen molar-refractivity contribution in [2.24, 2.45) is 131 Å². The predicted octanol–water partition coefficient (Wildman–Crippen LogP) is 1.25. The van der Waals surface area contributed by atoms with Crippen molar-refractivity contribution in [2.45, 2.75) is 353 Å². The Morgan fingerprint density at radius 2 is 0.345 bits per heavy atom. The molecule has 0 heterocycles. The molecule has 0 aliphatic heterocycles. The summed E-state index contributed by atoms with van der Waals surface area (Å²) in [5, 5.41) is 0. The summed E-state index contributed by atoms with van der Waals surface area (Å²) in [5.74, 6) is 0. The van der Waals surface area contributed by atoms with Crippen LogP contribution in [0.25, 0.3) is 0 Å². The molecular formula is C89H227N21O28Si7. The highest BCUT2D eigenvalue weighted by Gasteiger charge is 2.55. The van der Waals surface area contributed by atoms with Crippen LogP contribution in [0.3, 0.4) is 0 Å². The van der Waals surface area contributed by atoms with E-state index in [4.69, 9.17) is 244 Å². The Hall–Kier alpha value is -0.442. The highest BCUT2D eigenvalue weighted by Crippen LogP contribution is 2.27. The van der Waals surface area contributed by atoms with Crippen LogP contribution in [0.1, 0.15) is 259 Å². The third-order valence-electron chi connectivity index (χ3n) is 17.9. The van der Waals surface area contributed by atoms with Crippen molar-refractivity contribution in [3.05, 3.63) is 0 Å². The van der Waals surface area contributed by atoms with Crippen molar-refractivity contribution < 1.29 is 124 Å². The van der Waals surface area contributed by atoms with Crippen molar-refractivity contribution in [2.75, 3.05) is 219 Å². The number of rotatable bonds is 83. The third kappa shape index (κ3) is 92.3. The van der Waals surface area contributed by atoms with Crippen molar-refractivity contribution >= 4 is 63.3 Å². The van der Waals surface area contributed by atoms with Gasteiger partial charge in [0.25, 0.3) is 0 Å². The molecule has 0 rings (SSSR count). The summed E-state index contributed by atoms with van der Waals surface area (Å²) in [7, 11) is -18.4. The molecular weight excluding hydrogens is 2010 g/mol. The molecule has 11 atom stereocenters. The van der Waals surface area contributed by atoms with E-state index in [0.717, 1.165) is 57.8 Å². The van der Waals surface area contributed by atoms with E-state index in [1.54, 1.807) is 0 Å². The minimum absolute atomic E-state index is 0.0278. The second kappa shape index (κ2) is 86.6. The molecule has 0 aromatic heterocycles. The first kappa shape index (κ1) is 157. The monoisotopic (exact) mass is 2230 g/mol. The van der Waals surface area contributed by atoms with Crippen LogP contribution in [-0.4, -0.2) is 377 Å². The van der Waals surface area contributed by atoms with Crippen LogP contribution in [0.15, 0.2) is 0 Å². The van der Waals surface area contributed by atoms with Crippen LogP contribution in [0.2, 0.25) is 0 Å². The van der Waals surface area contributed by atoms with Crippen molar-refractivity contribution in [1.29, 1.82) is 0 Å². The second-order valence-corrected chi connectivity index (χ2v) is 56.3. The molecule has 56 heteroatoms. The highest BCUT2D eigenvalue weighted by atomic mass is 28.4. The SMILES string of the molecule is CC(C)(C)CO[Si](OCC(C)(C)N)(OCC(C)(C)N)OCC(C)(C)N.CC(CN)O[Si](OC(C)CN)(OC(C)CN)OC(C)CN.CCC(N)CO[Si](OC)(OCC(N)CC)OCC(N)CC.CCC(N)CO[Si](OCC(N)CC)(OCC(N)CC)OCC(N)CC.CCCO[Si](OC)(OCCN)OCCN.CCCO[Si](OCCN)(OCCN)OCCN.CO[Si](OCC(C)(C)C)(OCC(C)(C)N)OCC(C)(C)N. The molecule has 0 amide bonds. The van der Waals surface area contributed by atoms with Crippen LogP contribution < -0.4 is 120 Å². The van der Waals surface area contributed by atoms with Gasteiger partial charge in [-0.15, -0.1) is 0 Å². The van der Waals surface area contributed by atoms with Gasteiger partial charge in [-0.3, -0.25) is 0 Å². The zero-order chi connectivity index (χ0) is 114. The molecule has 0 saturated carbocycles. The molecule has 0 aliphatic carbocycles. The molecule has 0 bridgehead atoms. The lowest BCUT2D eigenvalue weighted by molar-refractivity contribution is -0.0909. The third-order valence-corrected chi connectivity index (χ3v) is 33.2. The summed E-state index contributed by atoms with van der Waals surface area (Å²) in [6.45, 7) is 66.5. The molecule has 0 aromatic carbocycles. The van der Waals surface area contributed by atoms with Gasteiger partial charge in [0, 0.05) is 177 Å². The number of hydrogen-bond acceptors (Lipinski definition) is 49. The van der Waals surface area contributed by atoms with E-state index in [1.807, 2.05) is 159 Å². The molecule has 0 spiro atoms. The van der Waals surface area contributed by atoms with E-state index in [9.17, 15) is 0 Å². The maximum Gasteiger partial charge on any atom is 0.680 e. The minimum atomic E-state index is -3.47. The van der Waals surface area contributed by atoms with E-state index in [0.29, 0.717) is 138 Å². The quantitative estimate of drug-likeness (QED) is 0.0381. The van der Waals surface area contributed by atoms with Crippen LogP contribution >= 0.6 is 0 Å². The molecule has 884 valence electrons. The number of nitrogens with two attached hydrogens (primary N) is 21. The first-order valence-electron chi connectivity index (χ1n) is 51.4. The molecule has 0 saturated heterocycles. The first-order valence-corrected chi connectivity index (χ1v) is 62.8. The summed E-state index contributed by atoms with van der Waals surface area (Å²) in [4.78, 5) is 0. The minimum Gasteiger partial charge on any atom is -0.355 e. The fraction of sp³-hybridized carbons (Fsp3) is 1.00.